The van der Waals surface area contributed by atoms with Crippen LogP contribution in [0.4, 0.5) is 5.69 Å². The first-order valence-corrected chi connectivity index (χ1v) is 9.99. The molecule has 140 valence electrons. The minimum Gasteiger partial charge on any atom is -0.465 e. The molecule has 5 heteroatoms. The average molecular weight is 356 g/mol. The van der Waals surface area contributed by atoms with Gasteiger partial charge in [0.1, 0.15) is 0 Å². The van der Waals surface area contributed by atoms with Gasteiger partial charge in [0.15, 0.2) is 0 Å². The maximum absolute atomic E-state index is 12.9. The van der Waals surface area contributed by atoms with Crippen LogP contribution < -0.4 is 4.90 Å². The molecule has 1 aromatic rings. The Morgan fingerprint density at radius 2 is 2.15 bits per heavy atom. The van der Waals surface area contributed by atoms with Crippen molar-refractivity contribution in [3.05, 3.63) is 29.8 Å². The number of carbonyl (C=O) groups is 1. The molecule has 0 bridgehead atoms. The predicted octanol–water partition coefficient (Wildman–Crippen LogP) is 2.49. The number of esters is 1. The van der Waals surface area contributed by atoms with E-state index >= 15 is 0 Å². The number of hydrogen-bond acceptors (Lipinski definition) is 5. The normalized spacial score (nSPS) is 40.7. The fourth-order valence-electron chi connectivity index (χ4n) is 6.73. The SMILES string of the molecule is CC[C@@]12CCCN3CCC4c5ccccc5N(C4[C@@H]31)[C@@](O)(C(=O)OC)C2. The fourth-order valence-corrected chi connectivity index (χ4v) is 6.73. The number of para-hydroxylation sites is 1. The van der Waals surface area contributed by atoms with Gasteiger partial charge in [-0.3, -0.25) is 4.90 Å². The third kappa shape index (κ3) is 1.86. The Bertz CT molecular complexity index is 753. The lowest BCUT2D eigenvalue weighted by atomic mass is 9.58. The molecule has 3 saturated heterocycles. The second kappa shape index (κ2) is 5.46. The zero-order chi connectivity index (χ0) is 18.1. The molecule has 26 heavy (non-hydrogen) atoms. The van der Waals surface area contributed by atoms with Crippen LogP contribution in [0.15, 0.2) is 24.3 Å². The quantitative estimate of drug-likeness (QED) is 0.825. The van der Waals surface area contributed by atoms with E-state index in [1.807, 2.05) is 11.0 Å². The number of hydrogen-bond donors (Lipinski definition) is 1. The molecule has 0 saturated carbocycles. The molecule has 2 unspecified atom stereocenters. The Balaban J connectivity index is 1.73. The topological polar surface area (TPSA) is 53.0 Å². The molecule has 5 atom stereocenters. The Kier molecular flexibility index (Phi) is 3.48. The molecule has 4 aliphatic rings. The smallest absolute Gasteiger partial charge is 0.359 e. The second-order valence-corrected chi connectivity index (χ2v) is 8.60. The van der Waals surface area contributed by atoms with Crippen molar-refractivity contribution in [3.63, 3.8) is 0 Å². The van der Waals surface area contributed by atoms with Gasteiger partial charge >= 0.3 is 5.97 Å². The molecule has 0 radical (unpaired) electrons. The number of methoxy groups -OCH3 is 1. The molecular weight excluding hydrogens is 328 g/mol. The minimum atomic E-state index is -1.57. The van der Waals surface area contributed by atoms with Crippen molar-refractivity contribution in [1.29, 1.82) is 0 Å². The summed E-state index contributed by atoms with van der Waals surface area (Å²) in [4.78, 5) is 17.5. The van der Waals surface area contributed by atoms with Gasteiger partial charge in [-0.2, -0.15) is 0 Å². The molecule has 1 aromatic carbocycles. The summed E-state index contributed by atoms with van der Waals surface area (Å²) in [7, 11) is 1.39. The Morgan fingerprint density at radius 3 is 2.92 bits per heavy atom. The van der Waals surface area contributed by atoms with Gasteiger partial charge in [0.25, 0.3) is 0 Å². The standard InChI is InChI=1S/C21H28N2O3/c1-3-20-10-6-11-22-12-9-15-14-7-4-5-8-16(14)23(17(15)18(20)22)21(25,13-20)19(24)26-2/h4-5,7-8,15,17-18,25H,3,6,9-13H2,1-2H3/t15?,17?,18-,20+,21+/m1/s1. The highest BCUT2D eigenvalue weighted by Gasteiger charge is 2.67. The van der Waals surface area contributed by atoms with E-state index < -0.39 is 11.7 Å². The maximum atomic E-state index is 12.9. The molecule has 4 heterocycles. The zero-order valence-corrected chi connectivity index (χ0v) is 15.6. The number of benzene rings is 1. The number of piperidine rings is 3. The lowest BCUT2D eigenvalue weighted by Crippen LogP contribution is -2.76. The highest BCUT2D eigenvalue weighted by Crippen LogP contribution is 2.61. The molecule has 5 rings (SSSR count). The van der Waals surface area contributed by atoms with Gasteiger partial charge in [-0.15, -0.1) is 0 Å². The Morgan fingerprint density at radius 1 is 1.35 bits per heavy atom. The molecule has 4 aliphatic heterocycles. The highest BCUT2D eigenvalue weighted by atomic mass is 16.5. The van der Waals surface area contributed by atoms with E-state index in [9.17, 15) is 9.90 Å². The van der Waals surface area contributed by atoms with Crippen molar-refractivity contribution in [2.45, 2.75) is 62.8 Å². The van der Waals surface area contributed by atoms with E-state index in [-0.39, 0.29) is 11.5 Å². The largest absolute Gasteiger partial charge is 0.465 e. The van der Waals surface area contributed by atoms with Crippen LogP contribution >= 0.6 is 0 Å². The zero-order valence-electron chi connectivity index (χ0n) is 15.6. The Hall–Kier alpha value is -1.59. The van der Waals surface area contributed by atoms with E-state index in [1.165, 1.54) is 12.7 Å². The molecule has 0 amide bonds. The summed E-state index contributed by atoms with van der Waals surface area (Å²) in [5.74, 6) is -0.130. The monoisotopic (exact) mass is 356 g/mol. The lowest BCUT2D eigenvalue weighted by molar-refractivity contribution is -0.182. The first-order valence-electron chi connectivity index (χ1n) is 9.99. The fraction of sp³-hybridized carbons (Fsp3) is 0.667. The summed E-state index contributed by atoms with van der Waals surface area (Å²) in [6.07, 6.45) is 4.76. The van der Waals surface area contributed by atoms with Gasteiger partial charge in [0.2, 0.25) is 5.72 Å². The molecule has 3 fully saturated rings. The van der Waals surface area contributed by atoms with Crippen molar-refractivity contribution >= 4 is 11.7 Å². The van der Waals surface area contributed by atoms with Gasteiger partial charge in [-0.1, -0.05) is 25.1 Å². The first-order chi connectivity index (χ1) is 12.6. The second-order valence-electron chi connectivity index (χ2n) is 8.60. The van der Waals surface area contributed by atoms with Crippen LogP contribution in [0.1, 0.15) is 50.5 Å². The van der Waals surface area contributed by atoms with Crippen molar-refractivity contribution < 1.29 is 14.6 Å². The molecule has 1 N–H and O–H groups in total. The highest BCUT2D eigenvalue weighted by molar-refractivity contribution is 5.86. The van der Waals surface area contributed by atoms with Crippen LogP contribution in [0.5, 0.6) is 0 Å². The predicted molar refractivity (Wildman–Crippen MR) is 99.0 cm³/mol. The van der Waals surface area contributed by atoms with Gasteiger partial charge in [0, 0.05) is 24.1 Å². The lowest BCUT2D eigenvalue weighted by Gasteiger charge is -2.64. The van der Waals surface area contributed by atoms with E-state index in [1.54, 1.807) is 0 Å². The summed E-state index contributed by atoms with van der Waals surface area (Å²) < 4.78 is 5.12. The third-order valence-corrected chi connectivity index (χ3v) is 7.71. The number of aliphatic hydroxyl groups is 1. The number of nitrogens with zero attached hydrogens (tertiary/aromatic N) is 2. The number of ether oxygens (including phenoxy) is 1. The van der Waals surface area contributed by atoms with Crippen LogP contribution in [0, 0.1) is 5.41 Å². The van der Waals surface area contributed by atoms with Crippen LogP contribution in [0.25, 0.3) is 0 Å². The van der Waals surface area contributed by atoms with Gasteiger partial charge in [-0.25, -0.2) is 4.79 Å². The average Bonchev–Trinajstić information content (AvgIpc) is 3.02. The maximum Gasteiger partial charge on any atom is 0.359 e. The third-order valence-electron chi connectivity index (χ3n) is 7.71. The van der Waals surface area contributed by atoms with Crippen molar-refractivity contribution in [3.8, 4) is 0 Å². The molecular formula is C21H28N2O3. The summed E-state index contributed by atoms with van der Waals surface area (Å²) in [6.45, 7) is 4.48. The van der Waals surface area contributed by atoms with Crippen LogP contribution in [-0.4, -0.2) is 54.0 Å². The van der Waals surface area contributed by atoms with Crippen molar-refractivity contribution in [2.24, 2.45) is 5.41 Å². The number of carbonyl (C=O) groups excluding carboxylic acids is 1. The van der Waals surface area contributed by atoms with E-state index in [0.29, 0.717) is 18.4 Å². The van der Waals surface area contributed by atoms with Gasteiger partial charge in [-0.05, 0) is 55.8 Å². The van der Waals surface area contributed by atoms with E-state index in [0.717, 1.165) is 44.5 Å². The summed E-state index contributed by atoms with van der Waals surface area (Å²) in [5.41, 5.74) is 0.713. The summed E-state index contributed by atoms with van der Waals surface area (Å²) >= 11 is 0. The first kappa shape index (κ1) is 16.6. The Labute approximate surface area is 154 Å². The molecule has 0 spiro atoms. The van der Waals surface area contributed by atoms with Gasteiger partial charge in [0.05, 0.1) is 13.2 Å². The minimum absolute atomic E-state index is 0.0247. The number of anilines is 1. The van der Waals surface area contributed by atoms with Crippen molar-refractivity contribution in [2.75, 3.05) is 25.1 Å². The van der Waals surface area contributed by atoms with Crippen LogP contribution in [-0.2, 0) is 9.53 Å². The summed E-state index contributed by atoms with van der Waals surface area (Å²) in [6, 6.07) is 8.88. The number of rotatable bonds is 2. The van der Waals surface area contributed by atoms with Crippen LogP contribution in [0.2, 0.25) is 0 Å². The molecule has 0 aliphatic carbocycles. The van der Waals surface area contributed by atoms with Gasteiger partial charge < -0.3 is 14.7 Å². The summed E-state index contributed by atoms with van der Waals surface area (Å²) in [5, 5.41) is 11.8. The van der Waals surface area contributed by atoms with E-state index in [4.69, 9.17) is 4.74 Å². The van der Waals surface area contributed by atoms with E-state index in [2.05, 4.69) is 30.0 Å². The number of fused-ring (bicyclic) bond motifs is 3. The molecule has 0 aromatic heterocycles. The van der Waals surface area contributed by atoms with Crippen molar-refractivity contribution in [1.82, 2.24) is 4.90 Å². The van der Waals surface area contributed by atoms with Crippen LogP contribution in [0.3, 0.4) is 0 Å². The molecule has 5 nitrogen and oxygen atoms in total.